The molecule has 1 aromatic rings. The molecule has 1 atom stereocenters. The largest absolute Gasteiger partial charge is 0.493 e. The molecule has 2 rings (SSSR count). The molecular weight excluding hydrogens is 350 g/mol. The number of esters is 1. The monoisotopic (exact) mass is 370 g/mol. The summed E-state index contributed by atoms with van der Waals surface area (Å²) in [5.41, 5.74) is 1.20. The SMILES string of the molecule is COC(=O)C1=C(C)N(C)C(=O)N(C)[C@@H]1c1ccc(OC(F)F)c(OC)c1. The van der Waals surface area contributed by atoms with E-state index >= 15 is 0 Å². The van der Waals surface area contributed by atoms with Gasteiger partial charge in [-0.25, -0.2) is 9.59 Å². The minimum Gasteiger partial charge on any atom is -0.493 e. The minimum absolute atomic E-state index is 0.0597. The van der Waals surface area contributed by atoms with Crippen molar-refractivity contribution >= 4 is 12.0 Å². The smallest absolute Gasteiger partial charge is 0.387 e. The number of hydrogen-bond donors (Lipinski definition) is 0. The quantitative estimate of drug-likeness (QED) is 0.746. The topological polar surface area (TPSA) is 68.3 Å². The van der Waals surface area contributed by atoms with Crippen molar-refractivity contribution in [3.8, 4) is 11.5 Å². The van der Waals surface area contributed by atoms with Gasteiger partial charge >= 0.3 is 18.6 Å². The number of ether oxygens (including phenoxy) is 3. The van der Waals surface area contributed by atoms with E-state index in [9.17, 15) is 18.4 Å². The highest BCUT2D eigenvalue weighted by molar-refractivity contribution is 5.94. The van der Waals surface area contributed by atoms with E-state index in [1.54, 1.807) is 14.0 Å². The van der Waals surface area contributed by atoms with Crippen molar-refractivity contribution in [2.24, 2.45) is 0 Å². The zero-order valence-electron chi connectivity index (χ0n) is 15.1. The lowest BCUT2D eigenvalue weighted by molar-refractivity contribution is -0.137. The maximum absolute atomic E-state index is 12.5. The number of urea groups is 1. The van der Waals surface area contributed by atoms with Crippen LogP contribution in [0.3, 0.4) is 0 Å². The van der Waals surface area contributed by atoms with Gasteiger partial charge in [-0.05, 0) is 24.6 Å². The van der Waals surface area contributed by atoms with Crippen molar-refractivity contribution in [1.82, 2.24) is 9.80 Å². The predicted molar refractivity (Wildman–Crippen MR) is 88.0 cm³/mol. The molecular formula is C17H20F2N2O5. The van der Waals surface area contributed by atoms with Gasteiger partial charge < -0.3 is 24.0 Å². The van der Waals surface area contributed by atoms with E-state index < -0.39 is 18.6 Å². The molecule has 1 aliphatic rings. The van der Waals surface area contributed by atoms with Gasteiger partial charge in [-0.2, -0.15) is 8.78 Å². The first-order valence-corrected chi connectivity index (χ1v) is 7.65. The van der Waals surface area contributed by atoms with Crippen molar-refractivity contribution in [1.29, 1.82) is 0 Å². The number of nitrogens with zero attached hydrogens (tertiary/aromatic N) is 2. The van der Waals surface area contributed by atoms with Gasteiger partial charge in [0, 0.05) is 19.8 Å². The molecule has 1 aliphatic heterocycles. The number of halogens is 2. The summed E-state index contributed by atoms with van der Waals surface area (Å²) in [5, 5.41) is 0. The number of carbonyl (C=O) groups is 2. The second-order valence-corrected chi connectivity index (χ2v) is 5.63. The third kappa shape index (κ3) is 3.42. The second-order valence-electron chi connectivity index (χ2n) is 5.63. The van der Waals surface area contributed by atoms with Crippen molar-refractivity contribution in [2.75, 3.05) is 28.3 Å². The van der Waals surface area contributed by atoms with Gasteiger partial charge in [-0.1, -0.05) is 6.07 Å². The molecule has 1 heterocycles. The zero-order valence-corrected chi connectivity index (χ0v) is 15.1. The second kappa shape index (κ2) is 7.59. The summed E-state index contributed by atoms with van der Waals surface area (Å²) in [6, 6.07) is 3.16. The number of benzene rings is 1. The molecule has 0 saturated carbocycles. The van der Waals surface area contributed by atoms with E-state index in [1.165, 1.54) is 49.3 Å². The summed E-state index contributed by atoms with van der Waals surface area (Å²) in [7, 11) is 5.64. The summed E-state index contributed by atoms with van der Waals surface area (Å²) in [6.07, 6.45) is 0. The summed E-state index contributed by atoms with van der Waals surface area (Å²) in [4.78, 5) is 27.5. The van der Waals surface area contributed by atoms with Crippen LogP contribution >= 0.6 is 0 Å². The molecule has 26 heavy (non-hydrogen) atoms. The van der Waals surface area contributed by atoms with E-state index in [-0.39, 0.29) is 23.1 Å². The van der Waals surface area contributed by atoms with Crippen molar-refractivity contribution in [3.63, 3.8) is 0 Å². The predicted octanol–water partition coefficient (Wildman–Crippen LogP) is 2.78. The van der Waals surface area contributed by atoms with E-state index in [0.717, 1.165) is 0 Å². The Kier molecular flexibility index (Phi) is 5.69. The molecule has 0 radical (unpaired) electrons. The fraction of sp³-hybridized carbons (Fsp3) is 0.412. The Morgan fingerprint density at radius 2 is 1.85 bits per heavy atom. The van der Waals surface area contributed by atoms with E-state index in [0.29, 0.717) is 11.3 Å². The van der Waals surface area contributed by atoms with Crippen LogP contribution in [0.2, 0.25) is 0 Å². The van der Waals surface area contributed by atoms with Gasteiger partial charge in [-0.3, -0.25) is 0 Å². The Hall–Kier alpha value is -2.84. The molecule has 0 fully saturated rings. The highest BCUT2D eigenvalue weighted by atomic mass is 19.3. The standard InChI is InChI=1S/C17H20F2N2O5/c1-9-13(15(22)25-5)14(21(3)17(23)20(9)2)10-6-7-11(26-16(18)19)12(8-10)24-4/h6-8,14,16H,1-5H3/t14-/m1/s1. The molecule has 0 N–H and O–H groups in total. The molecule has 142 valence electrons. The third-order valence-corrected chi connectivity index (χ3v) is 4.27. The molecule has 9 heteroatoms. The maximum Gasteiger partial charge on any atom is 0.387 e. The van der Waals surface area contributed by atoms with Crippen molar-refractivity contribution in [3.05, 3.63) is 35.0 Å². The lowest BCUT2D eigenvalue weighted by Crippen LogP contribution is -2.47. The fourth-order valence-electron chi connectivity index (χ4n) is 2.87. The molecule has 0 bridgehead atoms. The molecule has 0 unspecified atom stereocenters. The summed E-state index contributed by atoms with van der Waals surface area (Å²) < 4.78 is 39.4. The molecule has 7 nitrogen and oxygen atoms in total. The van der Waals surface area contributed by atoms with Gasteiger partial charge in [0.05, 0.1) is 25.8 Å². The average molecular weight is 370 g/mol. The van der Waals surface area contributed by atoms with Crippen molar-refractivity contribution in [2.45, 2.75) is 19.6 Å². The maximum atomic E-state index is 12.5. The van der Waals surface area contributed by atoms with Crippen LogP contribution in [-0.4, -0.2) is 56.7 Å². The normalized spacial score (nSPS) is 17.7. The Morgan fingerprint density at radius 3 is 2.38 bits per heavy atom. The van der Waals surface area contributed by atoms with Gasteiger partial charge in [-0.15, -0.1) is 0 Å². The van der Waals surface area contributed by atoms with Gasteiger partial charge in [0.2, 0.25) is 0 Å². The summed E-state index contributed by atoms with van der Waals surface area (Å²) in [5.74, 6) is -0.677. The molecule has 1 aromatic carbocycles. The molecule has 0 saturated heterocycles. The van der Waals surface area contributed by atoms with Crippen LogP contribution in [0, 0.1) is 0 Å². The first-order valence-electron chi connectivity index (χ1n) is 7.65. The minimum atomic E-state index is -3.00. The molecule has 2 amide bonds. The first-order chi connectivity index (χ1) is 12.2. The number of carbonyl (C=O) groups excluding carboxylic acids is 2. The van der Waals surface area contributed by atoms with Gasteiger partial charge in [0.15, 0.2) is 11.5 Å². The Morgan fingerprint density at radius 1 is 1.19 bits per heavy atom. The number of likely N-dealkylation sites (N-methyl/N-ethyl adjacent to an activating group) is 1. The molecule has 0 aromatic heterocycles. The first kappa shape index (κ1) is 19.5. The van der Waals surface area contributed by atoms with E-state index in [2.05, 4.69) is 4.74 Å². The lowest BCUT2D eigenvalue weighted by atomic mass is 9.93. The number of rotatable bonds is 5. The van der Waals surface area contributed by atoms with Gasteiger partial charge in [0.25, 0.3) is 0 Å². The lowest BCUT2D eigenvalue weighted by Gasteiger charge is -2.39. The van der Waals surface area contributed by atoms with E-state index in [1.807, 2.05) is 0 Å². The van der Waals surface area contributed by atoms with Crippen LogP contribution < -0.4 is 9.47 Å². The number of methoxy groups -OCH3 is 2. The zero-order chi connectivity index (χ0) is 19.6. The fourth-order valence-corrected chi connectivity index (χ4v) is 2.87. The van der Waals surface area contributed by atoms with Crippen LogP contribution in [0.4, 0.5) is 13.6 Å². The summed E-state index contributed by atoms with van der Waals surface area (Å²) >= 11 is 0. The highest BCUT2D eigenvalue weighted by Gasteiger charge is 2.39. The van der Waals surface area contributed by atoms with E-state index in [4.69, 9.17) is 9.47 Å². The summed E-state index contributed by atoms with van der Waals surface area (Å²) in [6.45, 7) is -1.37. The number of hydrogen-bond acceptors (Lipinski definition) is 5. The van der Waals surface area contributed by atoms with Crippen molar-refractivity contribution < 1.29 is 32.6 Å². The van der Waals surface area contributed by atoms with Crippen LogP contribution in [0.5, 0.6) is 11.5 Å². The number of allylic oxidation sites excluding steroid dienone is 1. The number of alkyl halides is 2. The van der Waals surface area contributed by atoms with Crippen LogP contribution in [0.1, 0.15) is 18.5 Å². The van der Waals surface area contributed by atoms with Crippen LogP contribution in [0.15, 0.2) is 29.5 Å². The molecule has 0 spiro atoms. The van der Waals surface area contributed by atoms with Crippen LogP contribution in [0.25, 0.3) is 0 Å². The van der Waals surface area contributed by atoms with Crippen LogP contribution in [-0.2, 0) is 9.53 Å². The third-order valence-electron chi connectivity index (χ3n) is 4.27. The number of amides is 2. The Labute approximate surface area is 149 Å². The average Bonchev–Trinajstić information content (AvgIpc) is 2.62. The highest BCUT2D eigenvalue weighted by Crippen LogP contribution is 2.39. The molecule has 0 aliphatic carbocycles. The Balaban J connectivity index is 2.59. The Bertz CT molecular complexity index is 751. The van der Waals surface area contributed by atoms with Gasteiger partial charge in [0.1, 0.15) is 0 Å².